The highest BCUT2D eigenvalue weighted by Gasteiger charge is 2.35. The van der Waals surface area contributed by atoms with Gasteiger partial charge in [-0.3, -0.25) is 0 Å². The molecule has 0 bridgehead atoms. The molecule has 0 atom stereocenters. The monoisotopic (exact) mass is 420 g/mol. The quantitative estimate of drug-likeness (QED) is 0.453. The summed E-state index contributed by atoms with van der Waals surface area (Å²) < 4.78 is 0. The zero-order chi connectivity index (χ0) is 17.7. The van der Waals surface area contributed by atoms with Crippen molar-refractivity contribution in [3.63, 3.8) is 0 Å². The van der Waals surface area contributed by atoms with Gasteiger partial charge in [0.2, 0.25) is 0 Å². The fourth-order valence-electron chi connectivity index (χ4n) is 3.41. The predicted octanol–water partition coefficient (Wildman–Crippen LogP) is 11.6. The minimum atomic E-state index is 0. The van der Waals surface area contributed by atoms with Crippen LogP contribution in [0.4, 0.5) is 0 Å². The Morgan fingerprint density at radius 2 is 0.767 bits per heavy atom. The number of hydrogen-bond donors (Lipinski definition) is 0. The molecule has 2 aromatic rings. The van der Waals surface area contributed by atoms with E-state index in [1.165, 1.54) is 56.1 Å². The molecule has 1 aliphatic rings. The van der Waals surface area contributed by atoms with Crippen LogP contribution in [0.3, 0.4) is 0 Å². The van der Waals surface area contributed by atoms with E-state index in [4.69, 9.17) is 0 Å². The Bertz CT molecular complexity index is 463. The molecule has 180 valence electrons. The van der Waals surface area contributed by atoms with E-state index < -0.39 is 0 Å². The molecular weight excluding hydrogens is 360 g/mol. The molecule has 2 aromatic carbocycles. The van der Waals surface area contributed by atoms with Crippen molar-refractivity contribution < 1.29 is 0 Å². The van der Waals surface area contributed by atoms with Crippen LogP contribution in [0.25, 0.3) is 0 Å². The molecule has 0 saturated heterocycles. The molecule has 0 spiro atoms. The topological polar surface area (TPSA) is 0 Å². The van der Waals surface area contributed by atoms with Gasteiger partial charge in [-0.2, -0.15) is 0 Å². The Morgan fingerprint density at radius 3 is 1.03 bits per heavy atom. The molecule has 30 heavy (non-hydrogen) atoms. The molecule has 0 heterocycles. The highest BCUT2D eigenvalue weighted by molar-refractivity contribution is 5.39. The minimum absolute atomic E-state index is 0. The van der Waals surface area contributed by atoms with Gasteiger partial charge in [-0.15, -0.1) is 0 Å². The zero-order valence-corrected chi connectivity index (χ0v) is 16.2. The van der Waals surface area contributed by atoms with E-state index in [0.29, 0.717) is 0 Å². The van der Waals surface area contributed by atoms with Crippen LogP contribution in [0.15, 0.2) is 60.7 Å². The molecule has 3 rings (SSSR count). The Labute approximate surface area is 194 Å². The summed E-state index contributed by atoms with van der Waals surface area (Å²) in [5.74, 6) is 0. The average molecular weight is 421 g/mol. The first-order valence-corrected chi connectivity index (χ1v) is 9.86. The summed E-state index contributed by atoms with van der Waals surface area (Å²) in [5.41, 5.74) is 3.26. The van der Waals surface area contributed by atoms with E-state index >= 15 is 0 Å². The van der Waals surface area contributed by atoms with E-state index in [0.717, 1.165) is 0 Å². The second-order valence-electron chi connectivity index (χ2n) is 6.79. The summed E-state index contributed by atoms with van der Waals surface area (Å²) in [6, 6.07) is 22.1. The van der Waals surface area contributed by atoms with Gasteiger partial charge in [0.15, 0.2) is 0 Å². The lowest BCUT2D eigenvalue weighted by Crippen LogP contribution is -2.30. The number of benzene rings is 2. The maximum Gasteiger partial charge on any atom is 0.0202 e. The van der Waals surface area contributed by atoms with Gasteiger partial charge >= 0.3 is 0 Å². The molecule has 0 radical (unpaired) electrons. The third-order valence-corrected chi connectivity index (χ3v) is 4.36. The van der Waals surface area contributed by atoms with Crippen molar-refractivity contribution in [2.24, 2.45) is 0 Å². The summed E-state index contributed by atoms with van der Waals surface area (Å²) in [6.07, 6.45) is 9.18. The molecule has 1 fully saturated rings. The second kappa shape index (κ2) is 25.5. The van der Waals surface area contributed by atoms with Gasteiger partial charge in [-0.05, 0) is 24.0 Å². The molecular formula is C30H60. The van der Waals surface area contributed by atoms with E-state index in [1.54, 1.807) is 0 Å². The molecule has 0 unspecified atom stereocenters. The molecule has 0 aromatic heterocycles. The van der Waals surface area contributed by atoms with E-state index in [-0.39, 0.29) is 50.0 Å². The minimum Gasteiger partial charge on any atom is -0.0776 e. The number of hydrogen-bond acceptors (Lipinski definition) is 0. The van der Waals surface area contributed by atoms with Crippen LogP contribution in [0.5, 0.6) is 0 Å². The average Bonchev–Trinajstić information content (AvgIpc) is 2.65. The van der Waals surface area contributed by atoms with Gasteiger partial charge < -0.3 is 0 Å². The van der Waals surface area contributed by atoms with Crippen LogP contribution in [0, 0.1) is 0 Å². The first kappa shape index (κ1) is 42.5. The molecule has 1 saturated carbocycles. The maximum absolute atomic E-state index is 2.30. The Morgan fingerprint density at radius 1 is 0.500 bits per heavy atom. The lowest BCUT2D eigenvalue weighted by atomic mass is 9.65. The molecule has 0 nitrogen and oxygen atoms in total. The predicted molar refractivity (Wildman–Crippen MR) is 149 cm³/mol. The van der Waals surface area contributed by atoms with E-state index in [1.807, 2.05) is 0 Å². The fourth-order valence-corrected chi connectivity index (χ4v) is 3.41. The summed E-state index contributed by atoms with van der Waals surface area (Å²) >= 11 is 0. The highest BCUT2D eigenvalue weighted by Crippen LogP contribution is 2.44. The van der Waals surface area contributed by atoms with Crippen LogP contribution in [0.1, 0.15) is 128 Å². The van der Waals surface area contributed by atoms with E-state index in [9.17, 15) is 0 Å². The van der Waals surface area contributed by atoms with Crippen molar-refractivity contribution in [1.29, 1.82) is 0 Å². The fraction of sp³-hybridized carbons (Fsp3) is 0.600. The van der Waals surface area contributed by atoms with Gasteiger partial charge in [-0.25, -0.2) is 0 Å². The lowest BCUT2D eigenvalue weighted by Gasteiger charge is -2.38. The van der Waals surface area contributed by atoms with Crippen LogP contribution < -0.4 is 0 Å². The van der Waals surface area contributed by atoms with Gasteiger partial charge in [0.1, 0.15) is 0 Å². The van der Waals surface area contributed by atoms with Crippen molar-refractivity contribution in [2.45, 2.75) is 123 Å². The Hall–Kier alpha value is -1.56. The molecule has 0 heteroatoms. The summed E-state index contributed by atoms with van der Waals surface area (Å²) in [4.78, 5) is 0. The zero-order valence-electron chi connectivity index (χ0n) is 16.2. The normalized spacial score (nSPS) is 12.3. The largest absolute Gasteiger partial charge is 0.0776 e. The highest BCUT2D eigenvalue weighted by atomic mass is 14.4. The van der Waals surface area contributed by atoms with Gasteiger partial charge in [0.05, 0.1) is 0 Å². The summed E-state index contributed by atoms with van der Waals surface area (Å²) in [5, 5.41) is 0. The van der Waals surface area contributed by atoms with Gasteiger partial charge in [0, 0.05) is 5.41 Å². The Kier molecular flexibility index (Phi) is 36.1. The maximum atomic E-state index is 2.30. The van der Waals surface area contributed by atoms with Crippen molar-refractivity contribution >= 4 is 0 Å². The third kappa shape index (κ3) is 12.9. The van der Waals surface area contributed by atoms with Crippen LogP contribution >= 0.6 is 0 Å². The number of rotatable bonds is 2. The smallest absolute Gasteiger partial charge is 0.0202 e. The van der Waals surface area contributed by atoms with E-state index in [2.05, 4.69) is 88.4 Å². The first-order chi connectivity index (χ1) is 11.7. The summed E-state index contributed by atoms with van der Waals surface area (Å²) in [6.45, 7) is 8.50. The molecule has 0 amide bonds. The van der Waals surface area contributed by atoms with Crippen molar-refractivity contribution in [3.8, 4) is 0 Å². The SMILES string of the molecule is C.C.C.C.C.C.CCC.CCC.c1ccc(C2(c3ccccc3)CCCCC2)cc1. The van der Waals surface area contributed by atoms with Crippen LogP contribution in [-0.2, 0) is 5.41 Å². The second-order valence-corrected chi connectivity index (χ2v) is 6.79. The van der Waals surface area contributed by atoms with Crippen LogP contribution in [0.2, 0.25) is 0 Å². The molecule has 1 aliphatic carbocycles. The lowest BCUT2D eigenvalue weighted by molar-refractivity contribution is 0.346. The molecule has 0 aliphatic heterocycles. The van der Waals surface area contributed by atoms with Crippen LogP contribution in [-0.4, -0.2) is 0 Å². The third-order valence-electron chi connectivity index (χ3n) is 4.36. The van der Waals surface area contributed by atoms with Gasteiger partial charge in [-0.1, -0.05) is 165 Å². The Balaban J connectivity index is -0.000000109. The standard InChI is InChI=1S/C18H20.2C3H8.6CH4/c1-4-10-16(11-5-1)18(14-8-3-9-15-18)17-12-6-2-7-13-17;2*1-3-2;;;;;;/h1-2,4-7,10-13H,3,8-9,14-15H2;2*3H2,1-2H3;6*1H4. The first-order valence-electron chi connectivity index (χ1n) is 9.86. The van der Waals surface area contributed by atoms with Gasteiger partial charge in [0.25, 0.3) is 0 Å². The summed E-state index contributed by atoms with van der Waals surface area (Å²) in [7, 11) is 0. The van der Waals surface area contributed by atoms with Crippen molar-refractivity contribution in [3.05, 3.63) is 71.8 Å². The van der Waals surface area contributed by atoms with Crippen molar-refractivity contribution in [2.75, 3.05) is 0 Å². The van der Waals surface area contributed by atoms with Crippen molar-refractivity contribution in [1.82, 2.24) is 0 Å². The molecule has 0 N–H and O–H groups in total.